The lowest BCUT2D eigenvalue weighted by Gasteiger charge is -2.25. The molecule has 0 saturated heterocycles. The van der Waals surface area contributed by atoms with E-state index in [9.17, 15) is 9.59 Å². The molecule has 0 aliphatic carbocycles. The van der Waals surface area contributed by atoms with Crippen LogP contribution in [0.5, 0.6) is 11.5 Å². The van der Waals surface area contributed by atoms with E-state index in [1.54, 1.807) is 24.7 Å². The van der Waals surface area contributed by atoms with Crippen LogP contribution >= 0.6 is 11.3 Å². The molecule has 1 aromatic heterocycles. The Balaban J connectivity index is 1.60. The standard InChI is InChI=1S/C31H27N3O4S/c1-4-18-38-25-14-10-21(11-15-25)19-26-30(36)34-28(22-12-16-24(37-3)17-13-22)27(20(2)32-31(34)39-26)29(35)33-23-8-6-5-7-9-23/h4-17,19,28H,1,18H2,2-3H3,(H,33,35)/b26-19+/t28-/m1/s1. The number of benzene rings is 3. The quantitative estimate of drug-likeness (QED) is 0.337. The zero-order valence-electron chi connectivity index (χ0n) is 21.6. The third-order valence-corrected chi connectivity index (χ3v) is 7.26. The first kappa shape index (κ1) is 25.9. The third kappa shape index (κ3) is 5.46. The van der Waals surface area contributed by atoms with Gasteiger partial charge in [-0.05, 0) is 60.5 Å². The average Bonchev–Trinajstić information content (AvgIpc) is 3.26. The number of carbonyl (C=O) groups excluding carboxylic acids is 1. The molecule has 1 aliphatic rings. The van der Waals surface area contributed by atoms with Crippen LogP contribution in [0.1, 0.15) is 24.1 Å². The highest BCUT2D eigenvalue weighted by molar-refractivity contribution is 7.07. The zero-order valence-corrected chi connectivity index (χ0v) is 22.4. The molecule has 7 nitrogen and oxygen atoms in total. The summed E-state index contributed by atoms with van der Waals surface area (Å²) in [6.45, 7) is 5.88. The molecule has 0 bridgehead atoms. The first-order valence-corrected chi connectivity index (χ1v) is 13.2. The predicted molar refractivity (Wildman–Crippen MR) is 154 cm³/mol. The van der Waals surface area contributed by atoms with E-state index in [-0.39, 0.29) is 11.5 Å². The van der Waals surface area contributed by atoms with Gasteiger partial charge in [0.05, 0.1) is 29.0 Å². The van der Waals surface area contributed by atoms with E-state index in [1.807, 2.05) is 84.9 Å². The third-order valence-electron chi connectivity index (χ3n) is 6.28. The Labute approximate surface area is 229 Å². The van der Waals surface area contributed by atoms with Crippen molar-refractivity contribution in [1.82, 2.24) is 4.57 Å². The van der Waals surface area contributed by atoms with E-state index in [2.05, 4.69) is 11.9 Å². The maximum absolute atomic E-state index is 13.8. The Morgan fingerprint density at radius 1 is 1.05 bits per heavy atom. The van der Waals surface area contributed by atoms with Crippen molar-refractivity contribution in [3.8, 4) is 11.5 Å². The number of allylic oxidation sites excluding steroid dienone is 1. The number of anilines is 1. The molecule has 2 heterocycles. The fourth-order valence-electron chi connectivity index (χ4n) is 4.40. The Morgan fingerprint density at radius 3 is 2.41 bits per heavy atom. The number of fused-ring (bicyclic) bond motifs is 1. The number of hydrogen-bond donors (Lipinski definition) is 1. The maximum atomic E-state index is 13.8. The molecule has 0 unspecified atom stereocenters. The van der Waals surface area contributed by atoms with Crippen LogP contribution < -0.4 is 29.7 Å². The highest BCUT2D eigenvalue weighted by atomic mass is 32.1. The summed E-state index contributed by atoms with van der Waals surface area (Å²) in [5, 5.41) is 2.96. The molecular weight excluding hydrogens is 510 g/mol. The lowest BCUT2D eigenvalue weighted by Crippen LogP contribution is -2.40. The van der Waals surface area contributed by atoms with Gasteiger partial charge in [-0.15, -0.1) is 0 Å². The molecule has 8 heteroatoms. The number of carbonyl (C=O) groups is 1. The van der Waals surface area contributed by atoms with Gasteiger partial charge in [-0.3, -0.25) is 14.2 Å². The lowest BCUT2D eigenvalue weighted by molar-refractivity contribution is -0.113. The van der Waals surface area contributed by atoms with E-state index in [4.69, 9.17) is 14.5 Å². The Morgan fingerprint density at radius 2 is 1.74 bits per heavy atom. The second-order valence-electron chi connectivity index (χ2n) is 8.84. The largest absolute Gasteiger partial charge is 0.497 e. The number of methoxy groups -OCH3 is 1. The van der Waals surface area contributed by atoms with Gasteiger partial charge in [0.2, 0.25) is 0 Å². The minimum Gasteiger partial charge on any atom is -0.497 e. The molecule has 4 aromatic rings. The van der Waals surface area contributed by atoms with E-state index in [1.165, 1.54) is 11.3 Å². The first-order chi connectivity index (χ1) is 19.0. The number of para-hydroxylation sites is 1. The Bertz CT molecular complexity index is 1720. The van der Waals surface area contributed by atoms with Crippen LogP contribution in [0, 0.1) is 0 Å². The number of aromatic nitrogens is 1. The van der Waals surface area contributed by atoms with Gasteiger partial charge < -0.3 is 14.8 Å². The maximum Gasteiger partial charge on any atom is 0.271 e. The van der Waals surface area contributed by atoms with E-state index < -0.39 is 6.04 Å². The van der Waals surface area contributed by atoms with Crippen molar-refractivity contribution < 1.29 is 14.3 Å². The molecule has 0 fully saturated rings. The summed E-state index contributed by atoms with van der Waals surface area (Å²) in [6, 6.07) is 23.4. The molecule has 0 radical (unpaired) electrons. The Kier molecular flexibility index (Phi) is 7.56. The summed E-state index contributed by atoms with van der Waals surface area (Å²) in [5.74, 6) is 1.09. The summed E-state index contributed by atoms with van der Waals surface area (Å²) < 4.78 is 13.0. The fraction of sp³-hybridized carbons (Fsp3) is 0.129. The van der Waals surface area contributed by atoms with Crippen LogP contribution in [0.4, 0.5) is 5.69 Å². The van der Waals surface area contributed by atoms with Crippen molar-refractivity contribution in [3.63, 3.8) is 0 Å². The smallest absolute Gasteiger partial charge is 0.271 e. The van der Waals surface area contributed by atoms with E-state index >= 15 is 0 Å². The minimum atomic E-state index is -0.660. The van der Waals surface area contributed by atoms with Gasteiger partial charge in [-0.25, -0.2) is 4.99 Å². The molecule has 1 amide bonds. The van der Waals surface area contributed by atoms with Gasteiger partial charge in [-0.1, -0.05) is 66.5 Å². The molecular formula is C31H27N3O4S. The van der Waals surface area contributed by atoms with E-state index in [0.29, 0.717) is 38.6 Å². The first-order valence-electron chi connectivity index (χ1n) is 12.3. The molecule has 3 aromatic carbocycles. The molecule has 5 rings (SSSR count). The molecule has 0 saturated carbocycles. The highest BCUT2D eigenvalue weighted by Crippen LogP contribution is 2.31. The van der Waals surface area contributed by atoms with Gasteiger partial charge in [0.1, 0.15) is 18.1 Å². The lowest BCUT2D eigenvalue weighted by atomic mass is 9.95. The van der Waals surface area contributed by atoms with Crippen molar-refractivity contribution in [2.24, 2.45) is 4.99 Å². The normalized spacial score (nSPS) is 14.8. The van der Waals surface area contributed by atoms with Gasteiger partial charge >= 0.3 is 0 Å². The Hall–Kier alpha value is -4.69. The summed E-state index contributed by atoms with van der Waals surface area (Å²) in [7, 11) is 1.60. The fourth-order valence-corrected chi connectivity index (χ4v) is 5.45. The van der Waals surface area contributed by atoms with Crippen LogP contribution in [0.25, 0.3) is 6.08 Å². The topological polar surface area (TPSA) is 81.9 Å². The highest BCUT2D eigenvalue weighted by Gasteiger charge is 2.32. The summed E-state index contributed by atoms with van der Waals surface area (Å²) in [4.78, 5) is 32.7. The molecule has 1 atom stereocenters. The summed E-state index contributed by atoms with van der Waals surface area (Å²) >= 11 is 1.30. The van der Waals surface area contributed by atoms with Crippen LogP contribution in [0.3, 0.4) is 0 Å². The van der Waals surface area contributed by atoms with Crippen LogP contribution in [-0.2, 0) is 4.79 Å². The molecule has 0 spiro atoms. The molecule has 39 heavy (non-hydrogen) atoms. The number of nitrogens with zero attached hydrogens (tertiary/aromatic N) is 2. The van der Waals surface area contributed by atoms with Gasteiger partial charge in [0, 0.05) is 5.69 Å². The molecule has 1 aliphatic heterocycles. The zero-order chi connectivity index (χ0) is 27.4. The monoisotopic (exact) mass is 537 g/mol. The number of rotatable bonds is 8. The number of nitrogens with one attached hydrogen (secondary N) is 1. The van der Waals surface area contributed by atoms with Crippen molar-refractivity contribution >= 4 is 29.0 Å². The number of ether oxygens (including phenoxy) is 2. The van der Waals surface area contributed by atoms with Crippen LogP contribution in [0.2, 0.25) is 0 Å². The van der Waals surface area contributed by atoms with E-state index in [0.717, 1.165) is 16.9 Å². The molecule has 196 valence electrons. The summed E-state index contributed by atoms with van der Waals surface area (Å²) in [5.41, 5.74) is 3.04. The number of hydrogen-bond acceptors (Lipinski definition) is 6. The van der Waals surface area contributed by atoms with Gasteiger partial charge in [0.25, 0.3) is 11.5 Å². The second kappa shape index (κ2) is 11.4. The van der Waals surface area contributed by atoms with Crippen molar-refractivity contribution in [2.75, 3.05) is 19.0 Å². The average molecular weight is 538 g/mol. The number of thiazole rings is 1. The van der Waals surface area contributed by atoms with Crippen molar-refractivity contribution in [2.45, 2.75) is 13.0 Å². The minimum absolute atomic E-state index is 0.218. The van der Waals surface area contributed by atoms with Crippen molar-refractivity contribution in [1.29, 1.82) is 0 Å². The SMILES string of the molecule is C=CCOc1ccc(/C=c2/sc3n(c2=O)[C@H](c2ccc(OC)cc2)C(C(=O)Nc2ccccc2)=C(C)N=3)cc1. The number of amides is 1. The van der Waals surface area contributed by atoms with Crippen LogP contribution in [-0.4, -0.2) is 24.2 Å². The van der Waals surface area contributed by atoms with Gasteiger partial charge in [0.15, 0.2) is 4.80 Å². The second-order valence-corrected chi connectivity index (χ2v) is 9.85. The summed E-state index contributed by atoms with van der Waals surface area (Å²) in [6.07, 6.45) is 3.51. The van der Waals surface area contributed by atoms with Gasteiger partial charge in [-0.2, -0.15) is 0 Å². The predicted octanol–water partition coefficient (Wildman–Crippen LogP) is 4.45. The molecule has 1 N–H and O–H groups in total. The van der Waals surface area contributed by atoms with Crippen LogP contribution in [0.15, 0.2) is 113 Å². The van der Waals surface area contributed by atoms with Crippen molar-refractivity contribution in [3.05, 3.63) is 134 Å².